The summed E-state index contributed by atoms with van der Waals surface area (Å²) in [4.78, 5) is 29.5. The second kappa shape index (κ2) is 8.93. The van der Waals surface area contributed by atoms with Crippen LogP contribution in [0.2, 0.25) is 0 Å². The van der Waals surface area contributed by atoms with Gasteiger partial charge in [-0.3, -0.25) is 14.5 Å². The van der Waals surface area contributed by atoms with Gasteiger partial charge in [0.15, 0.2) is 0 Å². The first-order valence-electron chi connectivity index (χ1n) is 9.80. The average molecular weight is 447 g/mol. The number of carbonyl (C=O) groups excluding carboxylic acids is 2. The fraction of sp³-hybridized carbons (Fsp3) is 0.579. The van der Waals surface area contributed by atoms with Gasteiger partial charge in [0.05, 0.1) is 11.4 Å². The van der Waals surface area contributed by atoms with Crippen LogP contribution in [-0.2, 0) is 14.6 Å². The van der Waals surface area contributed by atoms with Gasteiger partial charge >= 0.3 is 5.51 Å². The molecule has 166 valence electrons. The molecule has 0 spiro atoms. The highest BCUT2D eigenvalue weighted by Gasteiger charge is 2.46. The fourth-order valence-corrected chi connectivity index (χ4v) is 4.40. The van der Waals surface area contributed by atoms with Crippen molar-refractivity contribution in [1.82, 2.24) is 14.7 Å². The van der Waals surface area contributed by atoms with Gasteiger partial charge in [-0.05, 0) is 43.5 Å². The predicted molar refractivity (Wildman–Crippen MR) is 102 cm³/mol. The molecule has 0 saturated carbocycles. The third-order valence-electron chi connectivity index (χ3n) is 5.44. The summed E-state index contributed by atoms with van der Waals surface area (Å²) in [6, 6.07) is 3.77. The van der Waals surface area contributed by atoms with Crippen LogP contribution < -0.4 is 0 Å². The van der Waals surface area contributed by atoms with E-state index in [-0.39, 0.29) is 17.4 Å². The number of piperidine rings is 1. The Morgan fingerprint density at radius 1 is 0.833 bits per heavy atom. The molecule has 1 aromatic rings. The first kappa shape index (κ1) is 22.5. The first-order chi connectivity index (χ1) is 14.1. The molecule has 2 aliphatic heterocycles. The monoisotopic (exact) mass is 447 g/mol. The third-order valence-corrected chi connectivity index (χ3v) is 6.95. The molecule has 0 unspecified atom stereocenters. The Labute approximate surface area is 173 Å². The molecular weight excluding hydrogens is 423 g/mol. The van der Waals surface area contributed by atoms with Crippen LogP contribution in [0, 0.1) is 0 Å². The summed E-state index contributed by atoms with van der Waals surface area (Å²) in [6.45, 7) is 3.70. The lowest BCUT2D eigenvalue weighted by Gasteiger charge is -2.36. The van der Waals surface area contributed by atoms with Crippen LogP contribution in [0.25, 0.3) is 0 Å². The molecule has 2 aliphatic rings. The zero-order chi connectivity index (χ0) is 21.9. The number of hydrogen-bond acceptors (Lipinski definition) is 5. The molecule has 2 amide bonds. The zero-order valence-electron chi connectivity index (χ0n) is 16.4. The summed E-state index contributed by atoms with van der Waals surface area (Å²) < 4.78 is 60.7. The number of alkyl halides is 3. The van der Waals surface area contributed by atoms with Crippen LogP contribution >= 0.6 is 0 Å². The Hall–Kier alpha value is -2.14. The summed E-state index contributed by atoms with van der Waals surface area (Å²) >= 11 is 0. The molecule has 0 N–H and O–H groups in total. The fourth-order valence-electron chi connectivity index (χ4n) is 3.64. The van der Waals surface area contributed by atoms with E-state index in [4.69, 9.17) is 0 Å². The Kier molecular flexibility index (Phi) is 6.71. The van der Waals surface area contributed by atoms with E-state index < -0.39 is 20.2 Å². The van der Waals surface area contributed by atoms with E-state index in [2.05, 4.69) is 0 Å². The topological polar surface area (TPSA) is 78.0 Å². The number of piperazine rings is 1. The van der Waals surface area contributed by atoms with Crippen molar-refractivity contribution in [3.8, 4) is 0 Å². The van der Waals surface area contributed by atoms with Crippen LogP contribution in [0.4, 0.5) is 13.2 Å². The predicted octanol–water partition coefficient (Wildman–Crippen LogP) is 1.75. The molecule has 3 rings (SSSR count). The SMILES string of the molecule is O=C(CN1CCN(C(=O)c2ccc(S(=O)(=O)C(F)(F)F)cc2)CC1)N1CCCCC1. The Morgan fingerprint density at radius 2 is 1.40 bits per heavy atom. The minimum absolute atomic E-state index is 0.0935. The van der Waals surface area contributed by atoms with Crippen LogP contribution in [0.5, 0.6) is 0 Å². The summed E-state index contributed by atoms with van der Waals surface area (Å²) in [5.41, 5.74) is -5.27. The molecule has 0 bridgehead atoms. The smallest absolute Gasteiger partial charge is 0.342 e. The second-order valence-electron chi connectivity index (χ2n) is 7.48. The summed E-state index contributed by atoms with van der Waals surface area (Å²) in [5, 5.41) is 0. The Morgan fingerprint density at radius 3 is 1.93 bits per heavy atom. The van der Waals surface area contributed by atoms with Crippen LogP contribution in [0.3, 0.4) is 0 Å². The van der Waals surface area contributed by atoms with E-state index >= 15 is 0 Å². The van der Waals surface area contributed by atoms with Crippen molar-refractivity contribution in [2.24, 2.45) is 0 Å². The molecule has 11 heteroatoms. The van der Waals surface area contributed by atoms with E-state index in [0.29, 0.717) is 32.7 Å². The Bertz CT molecular complexity index is 873. The van der Waals surface area contributed by atoms with Crippen molar-refractivity contribution in [3.05, 3.63) is 29.8 Å². The molecular formula is C19H24F3N3O4S. The number of sulfone groups is 1. The van der Waals surface area contributed by atoms with Gasteiger partial charge in [0.2, 0.25) is 5.91 Å². The number of nitrogens with zero attached hydrogens (tertiary/aromatic N) is 3. The third kappa shape index (κ3) is 4.94. The maximum Gasteiger partial charge on any atom is 0.501 e. The van der Waals surface area contributed by atoms with Crippen molar-refractivity contribution in [3.63, 3.8) is 0 Å². The highest BCUT2D eigenvalue weighted by Crippen LogP contribution is 2.30. The van der Waals surface area contributed by atoms with E-state index in [9.17, 15) is 31.2 Å². The van der Waals surface area contributed by atoms with Crippen molar-refractivity contribution >= 4 is 21.7 Å². The molecule has 0 aromatic heterocycles. The minimum atomic E-state index is -5.44. The maximum absolute atomic E-state index is 12.6. The van der Waals surface area contributed by atoms with E-state index in [1.165, 1.54) is 0 Å². The van der Waals surface area contributed by atoms with Gasteiger partial charge in [-0.15, -0.1) is 0 Å². The largest absolute Gasteiger partial charge is 0.501 e. The number of likely N-dealkylation sites (tertiary alicyclic amines) is 1. The highest BCUT2D eigenvalue weighted by atomic mass is 32.2. The van der Waals surface area contributed by atoms with E-state index in [1.807, 2.05) is 9.80 Å². The number of rotatable bonds is 4. The molecule has 0 aliphatic carbocycles. The molecule has 1 aromatic carbocycles. The van der Waals surface area contributed by atoms with E-state index in [1.54, 1.807) is 4.90 Å². The summed E-state index contributed by atoms with van der Waals surface area (Å²) in [6.07, 6.45) is 3.20. The lowest BCUT2D eigenvalue weighted by molar-refractivity contribution is -0.133. The molecule has 2 fully saturated rings. The lowest BCUT2D eigenvalue weighted by Crippen LogP contribution is -2.52. The van der Waals surface area contributed by atoms with Gasteiger partial charge in [0.25, 0.3) is 15.7 Å². The molecule has 0 atom stereocenters. The second-order valence-corrected chi connectivity index (χ2v) is 9.42. The molecule has 7 nitrogen and oxygen atoms in total. The lowest BCUT2D eigenvalue weighted by atomic mass is 10.1. The number of amides is 2. The standard InChI is InChI=1S/C19H24F3N3O4S/c20-19(21,22)30(28,29)16-6-4-15(5-7-16)18(27)25-12-10-23(11-13-25)14-17(26)24-8-2-1-3-9-24/h4-7H,1-3,8-14H2. The first-order valence-corrected chi connectivity index (χ1v) is 11.3. The van der Waals surface area contributed by atoms with Crippen molar-refractivity contribution < 1.29 is 31.2 Å². The number of halogens is 3. The van der Waals surface area contributed by atoms with Gasteiger partial charge in [0, 0.05) is 44.8 Å². The van der Waals surface area contributed by atoms with Gasteiger partial charge in [-0.25, -0.2) is 8.42 Å². The van der Waals surface area contributed by atoms with Gasteiger partial charge in [0.1, 0.15) is 0 Å². The van der Waals surface area contributed by atoms with Gasteiger partial charge < -0.3 is 9.80 Å². The average Bonchev–Trinajstić information content (AvgIpc) is 2.73. The maximum atomic E-state index is 12.6. The quantitative estimate of drug-likeness (QED) is 0.703. The minimum Gasteiger partial charge on any atom is -0.342 e. The van der Waals surface area contributed by atoms with Crippen molar-refractivity contribution in [1.29, 1.82) is 0 Å². The molecule has 2 saturated heterocycles. The number of carbonyl (C=O) groups is 2. The van der Waals surface area contributed by atoms with Crippen LogP contribution in [0.1, 0.15) is 29.6 Å². The summed E-state index contributed by atoms with van der Waals surface area (Å²) in [5.74, 6) is -0.288. The number of hydrogen-bond donors (Lipinski definition) is 0. The van der Waals surface area contributed by atoms with E-state index in [0.717, 1.165) is 56.6 Å². The van der Waals surface area contributed by atoms with Crippen LogP contribution in [-0.4, -0.2) is 86.3 Å². The van der Waals surface area contributed by atoms with Crippen LogP contribution in [0.15, 0.2) is 29.2 Å². The van der Waals surface area contributed by atoms with Gasteiger partial charge in [-0.1, -0.05) is 0 Å². The van der Waals surface area contributed by atoms with Crippen molar-refractivity contribution in [2.45, 2.75) is 29.7 Å². The Balaban J connectivity index is 1.54. The molecule has 30 heavy (non-hydrogen) atoms. The molecule has 2 heterocycles. The normalized spacial score (nSPS) is 19.0. The van der Waals surface area contributed by atoms with Crippen molar-refractivity contribution in [2.75, 3.05) is 45.8 Å². The van der Waals surface area contributed by atoms with Gasteiger partial charge in [-0.2, -0.15) is 13.2 Å². The molecule has 0 radical (unpaired) electrons. The summed E-state index contributed by atoms with van der Waals surface area (Å²) in [7, 11) is -5.44. The zero-order valence-corrected chi connectivity index (χ0v) is 17.2. The highest BCUT2D eigenvalue weighted by molar-refractivity contribution is 7.92. The number of benzene rings is 1.